The predicted molar refractivity (Wildman–Crippen MR) is 40.4 cm³/mol. The molecule has 0 rings (SSSR count). The second kappa shape index (κ2) is 5.23. The first kappa shape index (κ1) is 11.5. The largest absolute Gasteiger partial charge is 0.480 e. The van der Waals surface area contributed by atoms with Crippen molar-refractivity contribution in [2.24, 2.45) is 0 Å². The number of hydrogen-bond donors (Lipinski definition) is 2. The van der Waals surface area contributed by atoms with E-state index in [1.807, 2.05) is 0 Å². The van der Waals surface area contributed by atoms with Gasteiger partial charge in [-0.2, -0.15) is 8.78 Å². The quantitative estimate of drug-likeness (QED) is 0.621. The number of carbonyl (C=O) groups excluding carboxylic acids is 1. The number of carboxylic acids is 1. The molecule has 1 atom stereocenters. The molecule has 0 saturated carbocycles. The minimum atomic E-state index is -3.20. The lowest BCUT2D eigenvalue weighted by molar-refractivity contribution is -0.144. The first-order chi connectivity index (χ1) is 5.99. The van der Waals surface area contributed by atoms with E-state index in [0.717, 1.165) is 0 Å². The van der Waals surface area contributed by atoms with E-state index < -0.39 is 24.3 Å². The summed E-state index contributed by atoms with van der Waals surface area (Å²) in [5.74, 6) is -2.96. The molecule has 0 heterocycles. The van der Waals surface area contributed by atoms with Crippen LogP contribution in [0.15, 0.2) is 12.7 Å². The molecule has 2 N–H and O–H groups in total. The van der Waals surface area contributed by atoms with E-state index in [4.69, 9.17) is 5.11 Å². The van der Waals surface area contributed by atoms with Crippen molar-refractivity contribution in [1.82, 2.24) is 5.32 Å². The molecule has 0 saturated heterocycles. The Morgan fingerprint density at radius 2 is 2.08 bits per heavy atom. The molecule has 0 radical (unpaired) electrons. The summed E-state index contributed by atoms with van der Waals surface area (Å²) in [6.45, 7) is 3.23. The normalized spacial score (nSPS) is 12.2. The first-order valence-electron chi connectivity index (χ1n) is 3.41. The van der Waals surface area contributed by atoms with Crippen molar-refractivity contribution in [3.05, 3.63) is 12.7 Å². The average Bonchev–Trinajstić information content (AvgIpc) is 2.03. The molecule has 0 fully saturated rings. The molecule has 6 heteroatoms. The fourth-order valence-electron chi connectivity index (χ4n) is 0.623. The number of hydrogen-bond acceptors (Lipinski definition) is 2. The van der Waals surface area contributed by atoms with Crippen molar-refractivity contribution in [2.75, 3.05) is 0 Å². The van der Waals surface area contributed by atoms with Crippen molar-refractivity contribution < 1.29 is 23.5 Å². The van der Waals surface area contributed by atoms with Gasteiger partial charge >= 0.3 is 12.4 Å². The minimum absolute atomic E-state index is 0.0895. The molecule has 0 aromatic carbocycles. The molecule has 0 aliphatic heterocycles. The van der Waals surface area contributed by atoms with Crippen LogP contribution in [0.4, 0.5) is 8.78 Å². The van der Waals surface area contributed by atoms with Crippen molar-refractivity contribution in [3.63, 3.8) is 0 Å². The van der Waals surface area contributed by atoms with Crippen LogP contribution in [-0.4, -0.2) is 29.5 Å². The number of nitrogens with one attached hydrogen (secondary N) is 1. The fraction of sp³-hybridized carbons (Fsp3) is 0.429. The number of alkyl halides is 2. The highest BCUT2D eigenvalue weighted by atomic mass is 19.3. The van der Waals surface area contributed by atoms with Crippen molar-refractivity contribution in [2.45, 2.75) is 18.9 Å². The Hall–Kier alpha value is -1.46. The minimum Gasteiger partial charge on any atom is -0.480 e. The van der Waals surface area contributed by atoms with Gasteiger partial charge in [0.1, 0.15) is 6.04 Å². The maximum Gasteiger partial charge on any atom is 0.326 e. The summed E-state index contributed by atoms with van der Waals surface area (Å²) in [6, 6.07) is -1.33. The lowest BCUT2D eigenvalue weighted by Gasteiger charge is -2.11. The molecule has 0 aliphatic rings. The van der Waals surface area contributed by atoms with Gasteiger partial charge in [-0.3, -0.25) is 4.79 Å². The number of halogens is 2. The molecule has 74 valence electrons. The Morgan fingerprint density at radius 1 is 1.54 bits per heavy atom. The lowest BCUT2D eigenvalue weighted by atomic mass is 10.2. The van der Waals surface area contributed by atoms with E-state index >= 15 is 0 Å². The third-order valence-electron chi connectivity index (χ3n) is 1.22. The summed E-state index contributed by atoms with van der Waals surface area (Å²) in [7, 11) is 0. The Morgan fingerprint density at radius 3 is 2.38 bits per heavy atom. The van der Waals surface area contributed by atoms with E-state index in [1.54, 1.807) is 5.32 Å². The molecule has 0 bridgehead atoms. The first-order valence-corrected chi connectivity index (χ1v) is 3.41. The SMILES string of the molecule is C=CCC(NC(=O)C(F)F)C(=O)O. The van der Waals surface area contributed by atoms with E-state index in [1.165, 1.54) is 6.08 Å². The molecule has 1 unspecified atom stereocenters. The number of amides is 1. The predicted octanol–water partition coefficient (Wildman–Crippen LogP) is 0.397. The van der Waals surface area contributed by atoms with Crippen LogP contribution in [-0.2, 0) is 9.59 Å². The zero-order valence-corrected chi connectivity index (χ0v) is 6.67. The summed E-state index contributed by atoms with van der Waals surface area (Å²) in [4.78, 5) is 20.7. The van der Waals surface area contributed by atoms with E-state index in [2.05, 4.69) is 6.58 Å². The summed E-state index contributed by atoms with van der Waals surface area (Å²) >= 11 is 0. The molecule has 0 aromatic heterocycles. The maximum atomic E-state index is 11.7. The van der Waals surface area contributed by atoms with Crippen LogP contribution in [0.1, 0.15) is 6.42 Å². The van der Waals surface area contributed by atoms with Crippen LogP contribution < -0.4 is 5.32 Å². The van der Waals surface area contributed by atoms with Gasteiger partial charge in [0, 0.05) is 0 Å². The fourth-order valence-corrected chi connectivity index (χ4v) is 0.623. The highest BCUT2D eigenvalue weighted by molar-refractivity contribution is 5.85. The smallest absolute Gasteiger partial charge is 0.326 e. The summed E-state index contributed by atoms with van der Waals surface area (Å²) < 4.78 is 23.3. The number of aliphatic carboxylic acids is 1. The van der Waals surface area contributed by atoms with Gasteiger partial charge in [0.2, 0.25) is 0 Å². The number of carboxylic acid groups (broad SMARTS) is 1. The second-order valence-electron chi connectivity index (χ2n) is 2.22. The molecular weight excluding hydrogens is 184 g/mol. The average molecular weight is 193 g/mol. The van der Waals surface area contributed by atoms with Gasteiger partial charge in [0.05, 0.1) is 0 Å². The molecule has 13 heavy (non-hydrogen) atoms. The molecule has 0 spiro atoms. The summed E-state index contributed by atoms with van der Waals surface area (Å²) in [5.41, 5.74) is 0. The zero-order chi connectivity index (χ0) is 10.4. The third-order valence-corrected chi connectivity index (χ3v) is 1.22. The Balaban J connectivity index is 4.17. The topological polar surface area (TPSA) is 66.4 Å². The van der Waals surface area contributed by atoms with Gasteiger partial charge in [0.25, 0.3) is 5.91 Å². The molecule has 0 aromatic rings. The second-order valence-corrected chi connectivity index (χ2v) is 2.22. The van der Waals surface area contributed by atoms with Crippen molar-refractivity contribution >= 4 is 11.9 Å². The highest BCUT2D eigenvalue weighted by Gasteiger charge is 2.23. The molecular formula is C7H9F2NO3. The Bertz CT molecular complexity index is 218. The van der Waals surface area contributed by atoms with E-state index in [-0.39, 0.29) is 6.42 Å². The molecule has 0 aliphatic carbocycles. The standard InChI is InChI=1S/C7H9F2NO3/c1-2-3-4(7(12)13)10-6(11)5(8)9/h2,4-5H,1,3H2,(H,10,11)(H,12,13). The summed E-state index contributed by atoms with van der Waals surface area (Å²) in [6.07, 6.45) is -2.06. The zero-order valence-electron chi connectivity index (χ0n) is 6.67. The van der Waals surface area contributed by atoms with Crippen LogP contribution in [0.3, 0.4) is 0 Å². The van der Waals surface area contributed by atoms with Crippen molar-refractivity contribution in [1.29, 1.82) is 0 Å². The van der Waals surface area contributed by atoms with Crippen LogP contribution in [0, 0.1) is 0 Å². The Kier molecular flexibility index (Phi) is 4.64. The van der Waals surface area contributed by atoms with Gasteiger partial charge in [-0.25, -0.2) is 4.79 Å². The lowest BCUT2D eigenvalue weighted by Crippen LogP contribution is -2.43. The van der Waals surface area contributed by atoms with Gasteiger partial charge < -0.3 is 10.4 Å². The molecule has 4 nitrogen and oxygen atoms in total. The van der Waals surface area contributed by atoms with Gasteiger partial charge in [-0.15, -0.1) is 6.58 Å². The van der Waals surface area contributed by atoms with Crippen LogP contribution in [0.2, 0.25) is 0 Å². The maximum absolute atomic E-state index is 11.7. The van der Waals surface area contributed by atoms with Gasteiger partial charge in [-0.1, -0.05) is 6.08 Å². The van der Waals surface area contributed by atoms with Crippen LogP contribution in [0.5, 0.6) is 0 Å². The van der Waals surface area contributed by atoms with Crippen molar-refractivity contribution in [3.8, 4) is 0 Å². The van der Waals surface area contributed by atoms with Crippen LogP contribution in [0.25, 0.3) is 0 Å². The monoisotopic (exact) mass is 193 g/mol. The highest BCUT2D eigenvalue weighted by Crippen LogP contribution is 1.97. The molecule has 1 amide bonds. The van der Waals surface area contributed by atoms with Crippen LogP contribution >= 0.6 is 0 Å². The van der Waals surface area contributed by atoms with E-state index in [0.29, 0.717) is 0 Å². The number of rotatable bonds is 5. The van der Waals surface area contributed by atoms with Gasteiger partial charge in [0.15, 0.2) is 0 Å². The third kappa shape index (κ3) is 4.19. The summed E-state index contributed by atoms with van der Waals surface area (Å²) in [5, 5.41) is 10.1. The number of carbonyl (C=O) groups is 2. The Labute approximate surface area is 73.2 Å². The van der Waals surface area contributed by atoms with Gasteiger partial charge in [-0.05, 0) is 6.42 Å². The van der Waals surface area contributed by atoms with E-state index in [9.17, 15) is 18.4 Å².